The van der Waals surface area contributed by atoms with Crippen molar-refractivity contribution in [3.8, 4) is 0 Å². The van der Waals surface area contributed by atoms with Crippen molar-refractivity contribution < 1.29 is 4.79 Å². The average molecular weight is 421 g/mol. The number of aromatic amines is 1. The number of rotatable bonds is 4. The van der Waals surface area contributed by atoms with E-state index >= 15 is 0 Å². The lowest BCUT2D eigenvalue weighted by molar-refractivity contribution is -0.139. The first kappa shape index (κ1) is 19.9. The van der Waals surface area contributed by atoms with E-state index in [9.17, 15) is 9.59 Å². The molecule has 5 rings (SSSR count). The smallest absolute Gasteiger partial charge is 0.281 e. The van der Waals surface area contributed by atoms with Gasteiger partial charge in [0.1, 0.15) is 5.82 Å². The van der Waals surface area contributed by atoms with Gasteiger partial charge in [-0.15, -0.1) is 5.10 Å². The first-order valence-corrected chi connectivity index (χ1v) is 11.2. The number of carbonyl (C=O) groups is 1. The highest BCUT2D eigenvalue weighted by atomic mass is 16.2. The number of H-pyrrole nitrogens is 1. The molecule has 1 saturated carbocycles. The largest absolute Gasteiger partial charge is 0.342 e. The van der Waals surface area contributed by atoms with Crippen LogP contribution in [0.3, 0.4) is 0 Å². The van der Waals surface area contributed by atoms with Crippen LogP contribution < -0.4 is 5.56 Å². The summed E-state index contributed by atoms with van der Waals surface area (Å²) in [5, 5.41) is 8.29. The van der Waals surface area contributed by atoms with Crippen LogP contribution in [0.5, 0.6) is 0 Å². The summed E-state index contributed by atoms with van der Waals surface area (Å²) in [5.41, 5.74) is 4.03. The molecule has 3 heterocycles. The Hall–Kier alpha value is -3.03. The average Bonchev–Trinajstić information content (AvgIpc) is 3.13. The molecule has 162 valence electrons. The Bertz CT molecular complexity index is 1180. The van der Waals surface area contributed by atoms with Crippen LogP contribution in [-0.4, -0.2) is 48.9 Å². The van der Waals surface area contributed by atoms with Crippen LogP contribution in [0.4, 0.5) is 0 Å². The zero-order valence-electron chi connectivity index (χ0n) is 18.1. The molecule has 1 aromatic carbocycles. The molecular formula is C23H28N6O2. The Morgan fingerprint density at radius 2 is 1.94 bits per heavy atom. The SMILES string of the molecule is Cc1ccc(C)c(Cn2nnc3c(=O)[nH]c(C4CCN(C(=O)C5CCC5)CC4)nc32)c1. The van der Waals surface area contributed by atoms with Gasteiger partial charge in [-0.3, -0.25) is 9.59 Å². The maximum Gasteiger partial charge on any atom is 0.281 e. The third-order valence-electron chi connectivity index (χ3n) is 6.86. The molecule has 0 spiro atoms. The van der Waals surface area contributed by atoms with Crippen LogP contribution in [0.2, 0.25) is 0 Å². The van der Waals surface area contributed by atoms with Crippen molar-refractivity contribution in [3.63, 3.8) is 0 Å². The number of carbonyl (C=O) groups excluding carboxylic acids is 1. The van der Waals surface area contributed by atoms with E-state index in [4.69, 9.17) is 4.98 Å². The van der Waals surface area contributed by atoms with Crippen LogP contribution in [0.1, 0.15) is 60.5 Å². The highest BCUT2D eigenvalue weighted by molar-refractivity contribution is 5.79. The van der Waals surface area contributed by atoms with E-state index in [1.807, 2.05) is 4.90 Å². The van der Waals surface area contributed by atoms with Crippen LogP contribution in [0, 0.1) is 19.8 Å². The molecule has 0 radical (unpaired) electrons. The molecule has 1 aliphatic heterocycles. The van der Waals surface area contributed by atoms with Gasteiger partial charge in [0, 0.05) is 24.9 Å². The number of aryl methyl sites for hydroxylation is 2. The van der Waals surface area contributed by atoms with Crippen LogP contribution in [0.25, 0.3) is 11.2 Å². The lowest BCUT2D eigenvalue weighted by Gasteiger charge is -2.36. The number of amides is 1. The maximum atomic E-state index is 12.7. The van der Waals surface area contributed by atoms with Gasteiger partial charge >= 0.3 is 0 Å². The molecule has 2 aromatic heterocycles. The predicted octanol–water partition coefficient (Wildman–Crippen LogP) is 2.69. The Kier molecular flexibility index (Phi) is 5.08. The summed E-state index contributed by atoms with van der Waals surface area (Å²) in [6, 6.07) is 6.31. The Labute approximate surface area is 180 Å². The second-order valence-electron chi connectivity index (χ2n) is 9.03. The number of piperidine rings is 1. The van der Waals surface area contributed by atoms with E-state index < -0.39 is 0 Å². The first-order valence-electron chi connectivity index (χ1n) is 11.2. The summed E-state index contributed by atoms with van der Waals surface area (Å²) < 4.78 is 1.71. The van der Waals surface area contributed by atoms with Crippen molar-refractivity contribution in [2.75, 3.05) is 13.1 Å². The fourth-order valence-corrected chi connectivity index (χ4v) is 4.60. The molecular weight excluding hydrogens is 392 g/mol. The topological polar surface area (TPSA) is 96.8 Å². The fourth-order valence-electron chi connectivity index (χ4n) is 4.60. The normalized spacial score (nSPS) is 17.8. The van der Waals surface area contributed by atoms with Crippen LogP contribution in [-0.2, 0) is 11.3 Å². The standard InChI is InChI=1S/C23H28N6O2/c1-14-6-7-15(2)18(12-14)13-29-21-19(26-27-29)22(30)25-20(24-21)16-8-10-28(11-9-16)23(31)17-4-3-5-17/h6-7,12,16-17H,3-5,8-11,13H2,1-2H3,(H,24,25,30). The highest BCUT2D eigenvalue weighted by Crippen LogP contribution is 2.31. The van der Waals surface area contributed by atoms with Crippen LogP contribution in [0.15, 0.2) is 23.0 Å². The number of fused-ring (bicyclic) bond motifs is 1. The third kappa shape index (κ3) is 3.75. The first-order chi connectivity index (χ1) is 15.0. The second kappa shape index (κ2) is 7.90. The van der Waals surface area contributed by atoms with Crippen molar-refractivity contribution in [1.82, 2.24) is 29.9 Å². The fraction of sp³-hybridized carbons (Fsp3) is 0.522. The van der Waals surface area contributed by atoms with Crippen molar-refractivity contribution in [2.24, 2.45) is 5.92 Å². The monoisotopic (exact) mass is 420 g/mol. The maximum absolute atomic E-state index is 12.7. The molecule has 1 saturated heterocycles. The van der Waals surface area contributed by atoms with E-state index in [1.54, 1.807) is 4.68 Å². The van der Waals surface area contributed by atoms with Crippen molar-refractivity contribution in [2.45, 2.75) is 58.4 Å². The lowest BCUT2D eigenvalue weighted by Crippen LogP contribution is -2.43. The second-order valence-corrected chi connectivity index (χ2v) is 9.03. The van der Waals surface area contributed by atoms with E-state index in [0.29, 0.717) is 23.9 Å². The minimum atomic E-state index is -0.250. The lowest BCUT2D eigenvalue weighted by atomic mass is 9.83. The number of nitrogens with zero attached hydrogens (tertiary/aromatic N) is 5. The Morgan fingerprint density at radius 3 is 2.65 bits per heavy atom. The Morgan fingerprint density at radius 1 is 1.16 bits per heavy atom. The molecule has 0 unspecified atom stereocenters. The van der Waals surface area contributed by atoms with Gasteiger partial charge in [0.15, 0.2) is 11.2 Å². The van der Waals surface area contributed by atoms with Crippen molar-refractivity contribution >= 4 is 17.1 Å². The zero-order valence-corrected chi connectivity index (χ0v) is 18.1. The molecule has 3 aromatic rings. The number of nitrogens with one attached hydrogen (secondary N) is 1. The predicted molar refractivity (Wildman–Crippen MR) is 117 cm³/mol. The number of benzene rings is 1. The molecule has 2 aliphatic rings. The minimum Gasteiger partial charge on any atom is -0.342 e. The molecule has 0 bridgehead atoms. The summed E-state index contributed by atoms with van der Waals surface area (Å²) in [6.07, 6.45) is 4.85. The van der Waals surface area contributed by atoms with Crippen LogP contribution >= 0.6 is 0 Å². The number of hydrogen-bond acceptors (Lipinski definition) is 5. The van der Waals surface area contributed by atoms with Crippen molar-refractivity contribution in [1.29, 1.82) is 0 Å². The summed E-state index contributed by atoms with van der Waals surface area (Å²) in [4.78, 5) is 34.9. The van der Waals surface area contributed by atoms with E-state index in [0.717, 1.165) is 44.3 Å². The molecule has 1 N–H and O–H groups in total. The number of aromatic nitrogens is 5. The van der Waals surface area contributed by atoms with Gasteiger partial charge in [-0.1, -0.05) is 35.4 Å². The molecule has 8 heteroatoms. The summed E-state index contributed by atoms with van der Waals surface area (Å²) in [5.74, 6) is 1.35. The van der Waals surface area contributed by atoms with Crippen molar-refractivity contribution in [3.05, 3.63) is 51.1 Å². The molecule has 1 aliphatic carbocycles. The Balaban J connectivity index is 1.38. The molecule has 0 atom stereocenters. The van der Waals surface area contributed by atoms with Gasteiger partial charge in [0.25, 0.3) is 5.56 Å². The van der Waals surface area contributed by atoms with E-state index in [-0.39, 0.29) is 22.9 Å². The quantitative estimate of drug-likeness (QED) is 0.700. The summed E-state index contributed by atoms with van der Waals surface area (Å²) >= 11 is 0. The van der Waals surface area contributed by atoms with Gasteiger partial charge in [-0.25, -0.2) is 9.67 Å². The zero-order chi connectivity index (χ0) is 21.5. The molecule has 8 nitrogen and oxygen atoms in total. The minimum absolute atomic E-state index is 0.131. The number of likely N-dealkylation sites (tertiary alicyclic amines) is 1. The van der Waals surface area contributed by atoms with Gasteiger partial charge in [-0.2, -0.15) is 0 Å². The van der Waals surface area contributed by atoms with Gasteiger partial charge in [0.05, 0.1) is 6.54 Å². The van der Waals surface area contributed by atoms with Gasteiger partial charge < -0.3 is 9.88 Å². The summed E-state index contributed by atoms with van der Waals surface area (Å²) in [6.45, 7) is 6.10. The van der Waals surface area contributed by atoms with Gasteiger partial charge in [-0.05, 0) is 50.7 Å². The molecule has 31 heavy (non-hydrogen) atoms. The van der Waals surface area contributed by atoms with E-state index in [1.165, 1.54) is 17.5 Å². The summed E-state index contributed by atoms with van der Waals surface area (Å²) in [7, 11) is 0. The van der Waals surface area contributed by atoms with E-state index in [2.05, 4.69) is 47.3 Å². The molecule has 1 amide bonds. The highest BCUT2D eigenvalue weighted by Gasteiger charge is 2.32. The molecule has 2 fully saturated rings. The third-order valence-corrected chi connectivity index (χ3v) is 6.86. The van der Waals surface area contributed by atoms with Gasteiger partial charge in [0.2, 0.25) is 5.91 Å². The number of hydrogen-bond donors (Lipinski definition) is 1.